The first-order valence-corrected chi connectivity index (χ1v) is 11.3. The van der Waals surface area contributed by atoms with E-state index in [0.29, 0.717) is 12.1 Å². The number of hydrogen-bond donors (Lipinski definition) is 3. The molecule has 31 heavy (non-hydrogen) atoms. The number of ketones is 1. The average molecular weight is 441 g/mol. The number of benzene rings is 2. The fourth-order valence-electron chi connectivity index (χ4n) is 4.13. The lowest BCUT2D eigenvalue weighted by Gasteiger charge is -2.30. The van der Waals surface area contributed by atoms with Crippen molar-refractivity contribution in [2.75, 3.05) is 4.72 Å². The zero-order valence-corrected chi connectivity index (χ0v) is 18.3. The van der Waals surface area contributed by atoms with Crippen LogP contribution in [0.5, 0.6) is 11.5 Å². The van der Waals surface area contributed by atoms with Gasteiger partial charge in [0.2, 0.25) is 0 Å². The number of nitrogens with one attached hydrogen (secondary N) is 1. The highest BCUT2D eigenvalue weighted by atomic mass is 32.2. The van der Waals surface area contributed by atoms with Crippen LogP contribution in [-0.2, 0) is 16.4 Å². The second kappa shape index (κ2) is 7.16. The maximum absolute atomic E-state index is 12.6. The molecule has 0 atom stereocenters. The van der Waals surface area contributed by atoms with E-state index in [2.05, 4.69) is 18.6 Å². The van der Waals surface area contributed by atoms with Crippen molar-refractivity contribution in [3.05, 3.63) is 65.5 Å². The number of phenols is 2. The van der Waals surface area contributed by atoms with Gasteiger partial charge in [0.15, 0.2) is 5.78 Å². The van der Waals surface area contributed by atoms with E-state index in [0.717, 1.165) is 41.2 Å². The molecule has 0 radical (unpaired) electrons. The summed E-state index contributed by atoms with van der Waals surface area (Å²) in [5.41, 5.74) is 3.71. The second-order valence-electron chi connectivity index (χ2n) is 8.73. The second-order valence-corrected chi connectivity index (χ2v) is 10.4. The summed E-state index contributed by atoms with van der Waals surface area (Å²) in [6.45, 7) is 6.11. The zero-order chi connectivity index (χ0) is 22.6. The highest BCUT2D eigenvalue weighted by molar-refractivity contribution is 7.92. The Morgan fingerprint density at radius 3 is 2.32 bits per heavy atom. The molecule has 0 bridgehead atoms. The Hall–Kier alpha value is -3.26. The molecule has 0 aliphatic heterocycles. The SMILES string of the molecule is Cc1cc2c(n1-c1ccc(NS(=O)(=O)c3ccc(O)cc3O)cc1)CC(C)(C)CC2=O. The molecule has 162 valence electrons. The van der Waals surface area contributed by atoms with Crippen LogP contribution >= 0.6 is 0 Å². The molecule has 1 aromatic heterocycles. The van der Waals surface area contributed by atoms with Gasteiger partial charge >= 0.3 is 0 Å². The number of sulfonamides is 1. The molecule has 0 unspecified atom stereocenters. The van der Waals surface area contributed by atoms with Crippen LogP contribution in [-0.4, -0.2) is 29.0 Å². The van der Waals surface area contributed by atoms with Gasteiger partial charge < -0.3 is 14.8 Å². The number of aromatic nitrogens is 1. The number of Topliss-reactive ketones (excluding diaryl/α,β-unsaturated/α-hetero) is 1. The van der Waals surface area contributed by atoms with Crippen molar-refractivity contribution in [1.29, 1.82) is 0 Å². The van der Waals surface area contributed by atoms with Gasteiger partial charge in [0.25, 0.3) is 10.0 Å². The third kappa shape index (κ3) is 3.90. The predicted molar refractivity (Wildman–Crippen MR) is 118 cm³/mol. The smallest absolute Gasteiger partial charge is 0.265 e. The Bertz CT molecular complexity index is 1290. The number of hydrogen-bond acceptors (Lipinski definition) is 5. The standard InChI is InChI=1S/C23H24N2O5S/c1-14-10-18-19(12-23(2,3)13-21(18)28)25(14)16-6-4-15(5-7-16)24-31(29,30)22-9-8-17(26)11-20(22)27/h4-11,24,26-27H,12-13H2,1-3H3. The molecular formula is C23H24N2O5S. The number of nitrogens with zero attached hydrogens (tertiary/aromatic N) is 1. The van der Waals surface area contributed by atoms with Gasteiger partial charge in [-0.1, -0.05) is 13.8 Å². The van der Waals surface area contributed by atoms with Crippen molar-refractivity contribution in [2.24, 2.45) is 5.41 Å². The molecule has 0 saturated carbocycles. The number of anilines is 1. The van der Waals surface area contributed by atoms with Crippen LogP contribution < -0.4 is 4.72 Å². The Morgan fingerprint density at radius 1 is 1.00 bits per heavy atom. The van der Waals surface area contributed by atoms with Gasteiger partial charge in [-0.2, -0.15) is 0 Å². The Balaban J connectivity index is 1.65. The quantitative estimate of drug-likeness (QED) is 0.565. The van der Waals surface area contributed by atoms with Gasteiger partial charge in [-0.15, -0.1) is 0 Å². The van der Waals surface area contributed by atoms with Crippen LogP contribution in [0.1, 0.15) is 42.0 Å². The summed E-state index contributed by atoms with van der Waals surface area (Å²) in [6, 6.07) is 12.0. The van der Waals surface area contributed by atoms with Crippen LogP contribution in [0, 0.1) is 12.3 Å². The summed E-state index contributed by atoms with van der Waals surface area (Å²) in [5, 5.41) is 19.2. The van der Waals surface area contributed by atoms with Gasteiger partial charge in [0.1, 0.15) is 16.4 Å². The van der Waals surface area contributed by atoms with E-state index in [4.69, 9.17) is 0 Å². The predicted octanol–water partition coefficient (Wildman–Crippen LogP) is 4.15. The summed E-state index contributed by atoms with van der Waals surface area (Å²) in [4.78, 5) is 12.2. The van der Waals surface area contributed by atoms with E-state index in [1.165, 1.54) is 6.07 Å². The number of phenolic OH excluding ortho intramolecular Hbond substituents is 2. The third-order valence-corrected chi connectivity index (χ3v) is 6.91. The highest BCUT2D eigenvalue weighted by Crippen LogP contribution is 2.37. The third-order valence-electron chi connectivity index (χ3n) is 5.48. The van der Waals surface area contributed by atoms with Crippen LogP contribution in [0.2, 0.25) is 0 Å². The van der Waals surface area contributed by atoms with E-state index < -0.39 is 15.8 Å². The van der Waals surface area contributed by atoms with Gasteiger partial charge in [-0.25, -0.2) is 8.42 Å². The molecule has 2 aromatic carbocycles. The van der Waals surface area contributed by atoms with Crippen LogP contribution in [0.25, 0.3) is 5.69 Å². The molecule has 1 aliphatic carbocycles. The molecule has 8 heteroatoms. The Labute approximate surface area is 181 Å². The number of carbonyl (C=O) groups excluding carboxylic acids is 1. The minimum absolute atomic E-state index is 0.117. The average Bonchev–Trinajstić information content (AvgIpc) is 2.97. The van der Waals surface area contributed by atoms with E-state index in [-0.39, 0.29) is 21.8 Å². The number of fused-ring (bicyclic) bond motifs is 1. The lowest BCUT2D eigenvalue weighted by Crippen LogP contribution is -2.27. The number of aromatic hydroxyl groups is 2. The monoisotopic (exact) mass is 440 g/mol. The van der Waals surface area contributed by atoms with Crippen molar-refractivity contribution in [3.8, 4) is 17.2 Å². The molecule has 3 aromatic rings. The minimum atomic E-state index is -4.04. The minimum Gasteiger partial charge on any atom is -0.508 e. The van der Waals surface area contributed by atoms with Crippen molar-refractivity contribution >= 4 is 21.5 Å². The van der Waals surface area contributed by atoms with E-state index >= 15 is 0 Å². The van der Waals surface area contributed by atoms with Crippen LogP contribution in [0.3, 0.4) is 0 Å². The lowest BCUT2D eigenvalue weighted by molar-refractivity contribution is 0.0911. The molecule has 1 aliphatic rings. The molecule has 1 heterocycles. The molecule has 0 fully saturated rings. The zero-order valence-electron chi connectivity index (χ0n) is 17.5. The van der Waals surface area contributed by atoms with Crippen molar-refractivity contribution in [3.63, 3.8) is 0 Å². The van der Waals surface area contributed by atoms with E-state index in [1.807, 2.05) is 17.6 Å². The summed E-state index contributed by atoms with van der Waals surface area (Å²) in [5.74, 6) is -0.620. The van der Waals surface area contributed by atoms with Gasteiger partial charge in [0.05, 0.1) is 0 Å². The van der Waals surface area contributed by atoms with Gasteiger partial charge in [-0.05, 0) is 61.2 Å². The Morgan fingerprint density at radius 2 is 1.68 bits per heavy atom. The van der Waals surface area contributed by atoms with Crippen molar-refractivity contribution in [2.45, 2.75) is 38.5 Å². The van der Waals surface area contributed by atoms with E-state index in [1.54, 1.807) is 24.3 Å². The first-order valence-electron chi connectivity index (χ1n) is 9.86. The topological polar surface area (TPSA) is 109 Å². The maximum Gasteiger partial charge on any atom is 0.265 e. The largest absolute Gasteiger partial charge is 0.508 e. The molecule has 7 nitrogen and oxygen atoms in total. The first kappa shape index (κ1) is 21.0. The number of carbonyl (C=O) groups is 1. The fourth-order valence-corrected chi connectivity index (χ4v) is 5.27. The molecule has 0 saturated heterocycles. The molecular weight excluding hydrogens is 416 g/mol. The summed E-state index contributed by atoms with van der Waals surface area (Å²) < 4.78 is 29.7. The lowest BCUT2D eigenvalue weighted by atomic mass is 9.76. The van der Waals surface area contributed by atoms with Crippen LogP contribution in [0.4, 0.5) is 5.69 Å². The molecule has 4 rings (SSSR count). The Kier molecular flexibility index (Phi) is 4.85. The fraction of sp³-hybridized carbons (Fsp3) is 0.261. The van der Waals surface area contributed by atoms with E-state index in [9.17, 15) is 23.4 Å². The van der Waals surface area contributed by atoms with Crippen molar-refractivity contribution in [1.82, 2.24) is 4.57 Å². The van der Waals surface area contributed by atoms with Crippen LogP contribution in [0.15, 0.2) is 53.4 Å². The first-order chi connectivity index (χ1) is 14.5. The summed E-state index contributed by atoms with van der Waals surface area (Å²) >= 11 is 0. The number of aryl methyl sites for hydroxylation is 1. The molecule has 0 spiro atoms. The normalized spacial score (nSPS) is 15.5. The van der Waals surface area contributed by atoms with Crippen molar-refractivity contribution < 1.29 is 23.4 Å². The highest BCUT2D eigenvalue weighted by Gasteiger charge is 2.34. The van der Waals surface area contributed by atoms with Gasteiger partial charge in [0, 0.05) is 40.8 Å². The van der Waals surface area contributed by atoms with Gasteiger partial charge in [-0.3, -0.25) is 9.52 Å². The molecule has 0 amide bonds. The molecule has 3 N–H and O–H groups in total. The maximum atomic E-state index is 12.6. The summed E-state index contributed by atoms with van der Waals surface area (Å²) in [7, 11) is -4.04. The number of rotatable bonds is 4. The summed E-state index contributed by atoms with van der Waals surface area (Å²) in [6.07, 6.45) is 1.30.